The lowest BCUT2D eigenvalue weighted by atomic mass is 9.88. The minimum absolute atomic E-state index is 0.221. The summed E-state index contributed by atoms with van der Waals surface area (Å²) in [5, 5.41) is 10.3. The number of amides is 1. The summed E-state index contributed by atoms with van der Waals surface area (Å²) in [5.41, 5.74) is -0.598. The molecule has 0 aromatic heterocycles. The van der Waals surface area contributed by atoms with Crippen LogP contribution in [0.4, 0.5) is 0 Å². The highest BCUT2D eigenvalue weighted by atomic mass is 16.3. The van der Waals surface area contributed by atoms with E-state index in [-0.39, 0.29) is 11.8 Å². The van der Waals surface area contributed by atoms with Crippen LogP contribution in [0, 0.1) is 5.92 Å². The van der Waals surface area contributed by atoms with E-state index in [1.165, 1.54) is 19.3 Å². The molecule has 1 amide bonds. The number of aliphatic hydroxyl groups is 1. The third-order valence-corrected chi connectivity index (χ3v) is 4.40. The number of carbonyl (C=O) groups excluding carboxylic acids is 1. The monoisotopic (exact) mass is 239 g/mol. The molecule has 98 valence electrons. The van der Waals surface area contributed by atoms with Crippen LogP contribution in [0.3, 0.4) is 0 Å². The van der Waals surface area contributed by atoms with E-state index in [9.17, 15) is 9.90 Å². The second-order valence-electron chi connectivity index (χ2n) is 5.96. The Hall–Kier alpha value is -0.570. The molecule has 0 radical (unpaired) electrons. The molecule has 0 spiro atoms. The van der Waals surface area contributed by atoms with Gasteiger partial charge < -0.3 is 10.0 Å². The number of rotatable bonds is 3. The molecule has 0 bridgehead atoms. The summed E-state index contributed by atoms with van der Waals surface area (Å²) in [7, 11) is 1.85. The van der Waals surface area contributed by atoms with Gasteiger partial charge >= 0.3 is 0 Å². The number of nitrogens with zero attached hydrogens (tertiary/aromatic N) is 1. The third kappa shape index (κ3) is 3.21. The molecule has 0 aromatic carbocycles. The Morgan fingerprint density at radius 3 is 2.35 bits per heavy atom. The van der Waals surface area contributed by atoms with Gasteiger partial charge in [0.05, 0.1) is 5.60 Å². The maximum atomic E-state index is 12.2. The molecule has 0 aliphatic heterocycles. The highest BCUT2D eigenvalue weighted by Gasteiger charge is 2.34. The van der Waals surface area contributed by atoms with Gasteiger partial charge in [-0.25, -0.2) is 0 Å². The van der Waals surface area contributed by atoms with Gasteiger partial charge in [0.2, 0.25) is 5.91 Å². The summed E-state index contributed by atoms with van der Waals surface area (Å²) in [6.07, 6.45) is 9.65. The fraction of sp³-hybridized carbons (Fsp3) is 0.929. The Labute approximate surface area is 104 Å². The van der Waals surface area contributed by atoms with Gasteiger partial charge in [-0.05, 0) is 25.7 Å². The Bertz CT molecular complexity index is 265. The first-order valence-electron chi connectivity index (χ1n) is 7.08. The zero-order chi connectivity index (χ0) is 12.3. The predicted molar refractivity (Wildman–Crippen MR) is 67.6 cm³/mol. The van der Waals surface area contributed by atoms with E-state index in [0.717, 1.165) is 38.5 Å². The summed E-state index contributed by atoms with van der Waals surface area (Å²) in [6.45, 7) is 0.530. The zero-order valence-corrected chi connectivity index (χ0v) is 11.0. The predicted octanol–water partition coefficient (Wildman–Crippen LogP) is 2.33. The van der Waals surface area contributed by atoms with Crippen molar-refractivity contribution < 1.29 is 9.90 Å². The summed E-state index contributed by atoms with van der Waals surface area (Å²) < 4.78 is 0. The van der Waals surface area contributed by atoms with Crippen LogP contribution in [-0.4, -0.2) is 35.1 Å². The molecule has 2 rings (SSSR count). The van der Waals surface area contributed by atoms with Crippen LogP contribution in [0.15, 0.2) is 0 Å². The molecule has 3 heteroatoms. The molecule has 0 unspecified atom stereocenters. The fourth-order valence-corrected chi connectivity index (χ4v) is 3.37. The van der Waals surface area contributed by atoms with Gasteiger partial charge in [-0.1, -0.05) is 32.1 Å². The van der Waals surface area contributed by atoms with Crippen LogP contribution in [0.5, 0.6) is 0 Å². The molecule has 2 aliphatic carbocycles. The first-order valence-corrected chi connectivity index (χ1v) is 7.08. The Morgan fingerprint density at radius 1 is 1.18 bits per heavy atom. The first-order chi connectivity index (χ1) is 8.11. The van der Waals surface area contributed by atoms with Gasteiger partial charge in [0.1, 0.15) is 0 Å². The van der Waals surface area contributed by atoms with Gasteiger partial charge in [0.25, 0.3) is 0 Å². The second-order valence-corrected chi connectivity index (χ2v) is 5.96. The minimum atomic E-state index is -0.598. The lowest BCUT2D eigenvalue weighted by Crippen LogP contribution is -2.44. The van der Waals surface area contributed by atoms with Gasteiger partial charge in [0.15, 0.2) is 0 Å². The van der Waals surface area contributed by atoms with E-state index < -0.39 is 5.60 Å². The van der Waals surface area contributed by atoms with Crippen molar-refractivity contribution >= 4 is 5.91 Å². The van der Waals surface area contributed by atoms with Crippen molar-refractivity contribution in [1.29, 1.82) is 0 Å². The molecule has 17 heavy (non-hydrogen) atoms. The Balaban J connectivity index is 1.85. The van der Waals surface area contributed by atoms with Gasteiger partial charge in [-0.2, -0.15) is 0 Å². The lowest BCUT2D eigenvalue weighted by molar-refractivity contribution is -0.138. The SMILES string of the molecule is CN(CC1(O)CCCC1)C(=O)C1CCCCC1. The van der Waals surface area contributed by atoms with Crippen molar-refractivity contribution in [3.05, 3.63) is 0 Å². The topological polar surface area (TPSA) is 40.5 Å². The highest BCUT2D eigenvalue weighted by Crippen LogP contribution is 2.31. The molecule has 1 N–H and O–H groups in total. The molecular formula is C14H25NO2. The Morgan fingerprint density at radius 2 is 1.76 bits per heavy atom. The molecule has 0 heterocycles. The zero-order valence-electron chi connectivity index (χ0n) is 11.0. The van der Waals surface area contributed by atoms with Gasteiger partial charge in [-0.3, -0.25) is 4.79 Å². The first kappa shape index (κ1) is 12.9. The molecule has 2 aliphatic rings. The molecule has 0 saturated heterocycles. The lowest BCUT2D eigenvalue weighted by Gasteiger charge is -2.32. The molecule has 2 fully saturated rings. The van der Waals surface area contributed by atoms with Crippen LogP contribution in [0.25, 0.3) is 0 Å². The average molecular weight is 239 g/mol. The van der Waals surface area contributed by atoms with Crippen molar-refractivity contribution in [3.63, 3.8) is 0 Å². The molecule has 0 aromatic rings. The van der Waals surface area contributed by atoms with Crippen LogP contribution in [0.2, 0.25) is 0 Å². The summed E-state index contributed by atoms with van der Waals surface area (Å²) >= 11 is 0. The minimum Gasteiger partial charge on any atom is -0.388 e. The van der Waals surface area contributed by atoms with Crippen molar-refractivity contribution in [2.75, 3.05) is 13.6 Å². The fourth-order valence-electron chi connectivity index (χ4n) is 3.37. The van der Waals surface area contributed by atoms with E-state index in [0.29, 0.717) is 6.54 Å². The Kier molecular flexibility index (Phi) is 4.08. The maximum absolute atomic E-state index is 12.2. The third-order valence-electron chi connectivity index (χ3n) is 4.40. The number of hydrogen-bond acceptors (Lipinski definition) is 2. The van der Waals surface area contributed by atoms with Crippen molar-refractivity contribution in [2.45, 2.75) is 63.4 Å². The van der Waals surface area contributed by atoms with Crippen LogP contribution in [-0.2, 0) is 4.79 Å². The normalized spacial score (nSPS) is 24.8. The molecular weight excluding hydrogens is 214 g/mol. The average Bonchev–Trinajstić information content (AvgIpc) is 2.76. The summed E-state index contributed by atoms with van der Waals surface area (Å²) in [4.78, 5) is 14.0. The van der Waals surface area contributed by atoms with E-state index >= 15 is 0 Å². The summed E-state index contributed by atoms with van der Waals surface area (Å²) in [6, 6.07) is 0. The van der Waals surface area contributed by atoms with Crippen LogP contribution in [0.1, 0.15) is 57.8 Å². The highest BCUT2D eigenvalue weighted by molar-refractivity contribution is 5.78. The van der Waals surface area contributed by atoms with E-state index in [4.69, 9.17) is 0 Å². The number of likely N-dealkylation sites (N-methyl/N-ethyl adjacent to an activating group) is 1. The largest absolute Gasteiger partial charge is 0.388 e. The number of hydrogen-bond donors (Lipinski definition) is 1. The molecule has 2 saturated carbocycles. The molecule has 3 nitrogen and oxygen atoms in total. The number of carbonyl (C=O) groups is 1. The van der Waals surface area contributed by atoms with Gasteiger partial charge in [0, 0.05) is 19.5 Å². The van der Waals surface area contributed by atoms with Crippen molar-refractivity contribution in [2.24, 2.45) is 5.92 Å². The van der Waals surface area contributed by atoms with E-state index in [2.05, 4.69) is 0 Å². The summed E-state index contributed by atoms with van der Waals surface area (Å²) in [5.74, 6) is 0.476. The maximum Gasteiger partial charge on any atom is 0.225 e. The van der Waals surface area contributed by atoms with E-state index in [1.54, 1.807) is 4.90 Å². The van der Waals surface area contributed by atoms with Crippen LogP contribution < -0.4 is 0 Å². The van der Waals surface area contributed by atoms with Crippen molar-refractivity contribution in [3.8, 4) is 0 Å². The van der Waals surface area contributed by atoms with E-state index in [1.807, 2.05) is 7.05 Å². The van der Waals surface area contributed by atoms with Gasteiger partial charge in [-0.15, -0.1) is 0 Å². The van der Waals surface area contributed by atoms with Crippen LogP contribution >= 0.6 is 0 Å². The van der Waals surface area contributed by atoms with Crippen molar-refractivity contribution in [1.82, 2.24) is 4.90 Å². The smallest absolute Gasteiger partial charge is 0.225 e. The second kappa shape index (κ2) is 5.38. The standard InChI is InChI=1S/C14H25NO2/c1-15(11-14(17)9-5-6-10-14)13(16)12-7-3-2-4-8-12/h12,17H,2-11H2,1H3. The molecule has 0 atom stereocenters. The quantitative estimate of drug-likeness (QED) is 0.821.